The summed E-state index contributed by atoms with van der Waals surface area (Å²) >= 11 is 0. The monoisotopic (exact) mass is 379 g/mol. The molecule has 0 heterocycles. The van der Waals surface area contributed by atoms with E-state index in [2.05, 4.69) is 5.32 Å². The molecule has 27 heavy (non-hydrogen) atoms. The molecule has 0 aliphatic heterocycles. The van der Waals surface area contributed by atoms with Crippen LogP contribution in [0.4, 0.5) is 4.79 Å². The number of aromatic hydroxyl groups is 1. The van der Waals surface area contributed by atoms with E-state index in [4.69, 9.17) is 9.47 Å². The number of phenolic OH excluding ortho intramolecular Hbond substituents is 1. The number of rotatable bonds is 6. The first-order chi connectivity index (χ1) is 12.2. The van der Waals surface area contributed by atoms with Crippen LogP contribution in [0.15, 0.2) is 24.3 Å². The van der Waals surface area contributed by atoms with Gasteiger partial charge in [0.1, 0.15) is 17.0 Å². The Balaban J connectivity index is 2.84. The second-order valence-corrected chi connectivity index (χ2v) is 8.88. The fraction of sp³-hybridized carbons (Fsp3) is 0.619. The lowest BCUT2D eigenvalue weighted by molar-refractivity contribution is -0.159. The van der Waals surface area contributed by atoms with Crippen LogP contribution in [-0.2, 0) is 20.7 Å². The summed E-state index contributed by atoms with van der Waals surface area (Å²) in [7, 11) is 0. The average molecular weight is 379 g/mol. The minimum absolute atomic E-state index is 0.178. The Morgan fingerprint density at radius 3 is 2.00 bits per heavy atom. The van der Waals surface area contributed by atoms with Gasteiger partial charge in [-0.25, -0.2) is 4.79 Å². The van der Waals surface area contributed by atoms with Crippen molar-refractivity contribution in [3.8, 4) is 5.75 Å². The topological polar surface area (TPSA) is 84.9 Å². The Morgan fingerprint density at radius 2 is 1.52 bits per heavy atom. The highest BCUT2D eigenvalue weighted by Gasteiger charge is 2.26. The molecule has 1 amide bonds. The molecular weight excluding hydrogens is 346 g/mol. The predicted octanol–water partition coefficient (Wildman–Crippen LogP) is 4.20. The van der Waals surface area contributed by atoms with Gasteiger partial charge in [0.25, 0.3) is 0 Å². The molecule has 1 rings (SSSR count). The predicted molar refractivity (Wildman–Crippen MR) is 105 cm³/mol. The van der Waals surface area contributed by atoms with Gasteiger partial charge in [0.2, 0.25) is 0 Å². The number of hydrogen-bond donors (Lipinski definition) is 2. The van der Waals surface area contributed by atoms with Crippen molar-refractivity contribution in [2.24, 2.45) is 5.92 Å². The molecule has 0 saturated carbocycles. The van der Waals surface area contributed by atoms with E-state index in [1.807, 2.05) is 20.8 Å². The molecule has 0 aromatic heterocycles. The highest BCUT2D eigenvalue weighted by Crippen LogP contribution is 2.19. The second kappa shape index (κ2) is 9.11. The van der Waals surface area contributed by atoms with E-state index in [-0.39, 0.29) is 23.7 Å². The van der Waals surface area contributed by atoms with Crippen molar-refractivity contribution in [1.29, 1.82) is 0 Å². The van der Waals surface area contributed by atoms with Crippen LogP contribution in [0.1, 0.15) is 60.5 Å². The first-order valence-electron chi connectivity index (χ1n) is 9.25. The van der Waals surface area contributed by atoms with Gasteiger partial charge in [-0.15, -0.1) is 0 Å². The maximum Gasteiger partial charge on any atom is 0.407 e. The zero-order valence-electron chi connectivity index (χ0n) is 17.5. The van der Waals surface area contributed by atoms with E-state index < -0.39 is 17.3 Å². The van der Waals surface area contributed by atoms with E-state index in [1.165, 1.54) is 0 Å². The molecule has 152 valence electrons. The number of phenols is 1. The van der Waals surface area contributed by atoms with Crippen LogP contribution in [0.25, 0.3) is 0 Å². The summed E-state index contributed by atoms with van der Waals surface area (Å²) in [5.74, 6) is -0.511. The van der Waals surface area contributed by atoms with Crippen molar-refractivity contribution in [3.05, 3.63) is 29.8 Å². The van der Waals surface area contributed by atoms with Gasteiger partial charge in [0, 0.05) is 6.04 Å². The fourth-order valence-electron chi connectivity index (χ4n) is 2.51. The summed E-state index contributed by atoms with van der Waals surface area (Å²) in [4.78, 5) is 24.5. The molecule has 0 bridgehead atoms. The van der Waals surface area contributed by atoms with Crippen LogP contribution in [0.3, 0.4) is 0 Å². The number of benzene rings is 1. The Labute approximate surface area is 162 Å². The highest BCUT2D eigenvalue weighted by molar-refractivity contribution is 5.73. The van der Waals surface area contributed by atoms with Gasteiger partial charge in [-0.3, -0.25) is 4.79 Å². The van der Waals surface area contributed by atoms with Crippen LogP contribution < -0.4 is 5.32 Å². The number of esters is 1. The van der Waals surface area contributed by atoms with Crippen molar-refractivity contribution in [2.75, 3.05) is 0 Å². The van der Waals surface area contributed by atoms with E-state index >= 15 is 0 Å². The van der Waals surface area contributed by atoms with Crippen LogP contribution in [0, 0.1) is 5.92 Å². The summed E-state index contributed by atoms with van der Waals surface area (Å²) in [5.41, 5.74) is -0.231. The van der Waals surface area contributed by atoms with Gasteiger partial charge in [0.05, 0.1) is 5.92 Å². The van der Waals surface area contributed by atoms with Crippen molar-refractivity contribution in [3.63, 3.8) is 0 Å². The molecule has 0 spiro atoms. The minimum atomic E-state index is -0.607. The van der Waals surface area contributed by atoms with Crippen molar-refractivity contribution in [1.82, 2.24) is 5.32 Å². The number of hydrogen-bond acceptors (Lipinski definition) is 5. The average Bonchev–Trinajstić information content (AvgIpc) is 2.45. The van der Waals surface area contributed by atoms with Gasteiger partial charge in [-0.1, -0.05) is 19.1 Å². The van der Waals surface area contributed by atoms with Crippen LogP contribution >= 0.6 is 0 Å². The number of alkyl carbamates (subject to hydrolysis) is 1. The molecular formula is C21H33NO5. The van der Waals surface area contributed by atoms with Crippen LogP contribution in [-0.4, -0.2) is 34.4 Å². The van der Waals surface area contributed by atoms with Gasteiger partial charge in [-0.05, 0) is 72.1 Å². The van der Waals surface area contributed by atoms with Gasteiger partial charge in [-0.2, -0.15) is 0 Å². The quantitative estimate of drug-likeness (QED) is 0.724. The minimum Gasteiger partial charge on any atom is -0.508 e. The van der Waals surface area contributed by atoms with Gasteiger partial charge in [0.15, 0.2) is 0 Å². The lowest BCUT2D eigenvalue weighted by Crippen LogP contribution is -2.42. The molecule has 6 nitrogen and oxygen atoms in total. The molecule has 0 fully saturated rings. The zero-order valence-corrected chi connectivity index (χ0v) is 17.5. The number of carbonyl (C=O) groups excluding carboxylic acids is 2. The molecule has 2 unspecified atom stereocenters. The van der Waals surface area contributed by atoms with E-state index in [0.717, 1.165) is 5.56 Å². The normalized spacial score (nSPS) is 14.2. The maximum absolute atomic E-state index is 12.3. The first kappa shape index (κ1) is 22.8. The molecule has 2 atom stereocenters. The molecule has 0 aliphatic rings. The van der Waals surface area contributed by atoms with Crippen molar-refractivity contribution >= 4 is 12.1 Å². The Hall–Kier alpha value is -2.24. The van der Waals surface area contributed by atoms with Crippen LogP contribution in [0.2, 0.25) is 0 Å². The molecule has 0 saturated heterocycles. The zero-order chi connectivity index (χ0) is 20.8. The maximum atomic E-state index is 12.3. The molecule has 6 heteroatoms. The Bertz CT molecular complexity index is 625. The van der Waals surface area contributed by atoms with Crippen LogP contribution in [0.5, 0.6) is 5.75 Å². The number of nitrogens with one attached hydrogen (secondary N) is 1. The summed E-state index contributed by atoms with van der Waals surface area (Å²) in [6.45, 7) is 12.6. The van der Waals surface area contributed by atoms with E-state index in [1.54, 1.807) is 52.0 Å². The highest BCUT2D eigenvalue weighted by atomic mass is 16.6. The SMILES string of the molecule is CC(CC(Cc1ccc(O)cc1)NC(=O)OC(C)(C)C)C(=O)OC(C)(C)C. The number of amides is 1. The van der Waals surface area contributed by atoms with Crippen molar-refractivity contribution < 1.29 is 24.2 Å². The van der Waals surface area contributed by atoms with Crippen molar-refractivity contribution in [2.45, 2.75) is 78.6 Å². The molecule has 2 N–H and O–H groups in total. The number of ether oxygens (including phenoxy) is 2. The smallest absolute Gasteiger partial charge is 0.407 e. The van der Waals surface area contributed by atoms with E-state index in [9.17, 15) is 14.7 Å². The third-order valence-electron chi connectivity index (χ3n) is 3.59. The lowest BCUT2D eigenvalue weighted by Gasteiger charge is -2.27. The Morgan fingerprint density at radius 1 is 1.00 bits per heavy atom. The Kier molecular flexibility index (Phi) is 7.69. The summed E-state index contributed by atoms with van der Waals surface area (Å²) < 4.78 is 10.8. The van der Waals surface area contributed by atoms with E-state index in [0.29, 0.717) is 12.8 Å². The molecule has 1 aromatic rings. The lowest BCUT2D eigenvalue weighted by atomic mass is 9.96. The third-order valence-corrected chi connectivity index (χ3v) is 3.59. The molecule has 0 aliphatic carbocycles. The molecule has 0 radical (unpaired) electrons. The first-order valence-corrected chi connectivity index (χ1v) is 9.25. The summed E-state index contributed by atoms with van der Waals surface area (Å²) in [5, 5.41) is 12.3. The summed E-state index contributed by atoms with van der Waals surface area (Å²) in [6.07, 6.45) is 0.393. The van der Waals surface area contributed by atoms with Gasteiger partial charge < -0.3 is 19.9 Å². The van der Waals surface area contributed by atoms with Gasteiger partial charge >= 0.3 is 12.1 Å². The number of carbonyl (C=O) groups is 2. The fourth-order valence-corrected chi connectivity index (χ4v) is 2.51. The second-order valence-electron chi connectivity index (χ2n) is 8.88. The summed E-state index contributed by atoms with van der Waals surface area (Å²) in [6, 6.07) is 6.45. The third kappa shape index (κ3) is 9.87. The largest absolute Gasteiger partial charge is 0.508 e. The molecule has 1 aromatic carbocycles. The standard InChI is InChI=1S/C21H33NO5/c1-14(18(24)26-20(2,3)4)12-16(22-19(25)27-21(5,6)7)13-15-8-10-17(23)11-9-15/h8-11,14,16,23H,12-13H2,1-7H3,(H,22,25).